The molecule has 3 rings (SSSR count). The Hall–Kier alpha value is -3.33. The number of amides is 1. The Bertz CT molecular complexity index is 1010. The van der Waals surface area contributed by atoms with Crippen molar-refractivity contribution in [2.24, 2.45) is 0 Å². The summed E-state index contributed by atoms with van der Waals surface area (Å²) in [5, 5.41) is 11.7. The van der Waals surface area contributed by atoms with Gasteiger partial charge in [-0.05, 0) is 50.2 Å². The summed E-state index contributed by atoms with van der Waals surface area (Å²) >= 11 is 1.26. The number of esters is 1. The predicted molar refractivity (Wildman–Crippen MR) is 114 cm³/mol. The third-order valence-electron chi connectivity index (χ3n) is 3.85. The fourth-order valence-electron chi connectivity index (χ4n) is 2.58. The SMILES string of the molecule is C=CCn1c(SCC(=O)Nc2ccc(C(=O)OC(C)C)cc2)nnc1-c1ccco1. The van der Waals surface area contributed by atoms with Gasteiger partial charge in [-0.1, -0.05) is 17.8 Å². The molecule has 1 aromatic carbocycles. The molecule has 0 spiro atoms. The van der Waals surface area contributed by atoms with Crippen LogP contribution in [0.25, 0.3) is 11.6 Å². The number of ether oxygens (including phenoxy) is 1. The van der Waals surface area contributed by atoms with Crippen molar-refractivity contribution in [3.8, 4) is 11.6 Å². The highest BCUT2D eigenvalue weighted by Gasteiger charge is 2.17. The van der Waals surface area contributed by atoms with Gasteiger partial charge in [0.25, 0.3) is 0 Å². The maximum atomic E-state index is 12.3. The van der Waals surface area contributed by atoms with E-state index < -0.39 is 5.97 Å². The first-order valence-electron chi connectivity index (χ1n) is 9.29. The molecule has 156 valence electrons. The zero-order valence-electron chi connectivity index (χ0n) is 16.7. The van der Waals surface area contributed by atoms with Gasteiger partial charge in [0.05, 0.1) is 23.7 Å². The molecule has 0 saturated heterocycles. The molecule has 0 fully saturated rings. The minimum atomic E-state index is -0.396. The Balaban J connectivity index is 1.60. The smallest absolute Gasteiger partial charge is 0.338 e. The van der Waals surface area contributed by atoms with Crippen molar-refractivity contribution < 1.29 is 18.7 Å². The number of carbonyl (C=O) groups excluding carboxylic acids is 2. The number of thioether (sulfide) groups is 1. The molecule has 9 heteroatoms. The number of nitrogens with one attached hydrogen (secondary N) is 1. The number of hydrogen-bond donors (Lipinski definition) is 1. The summed E-state index contributed by atoms with van der Waals surface area (Å²) in [4.78, 5) is 24.2. The largest absolute Gasteiger partial charge is 0.461 e. The summed E-state index contributed by atoms with van der Waals surface area (Å²) < 4.78 is 12.4. The lowest BCUT2D eigenvalue weighted by molar-refractivity contribution is -0.113. The number of furan rings is 1. The summed E-state index contributed by atoms with van der Waals surface area (Å²) in [6.07, 6.45) is 3.10. The molecule has 0 atom stereocenters. The fraction of sp³-hybridized carbons (Fsp3) is 0.238. The second-order valence-corrected chi connectivity index (χ2v) is 7.49. The van der Waals surface area contributed by atoms with Crippen LogP contribution in [0, 0.1) is 0 Å². The quantitative estimate of drug-likeness (QED) is 0.313. The second-order valence-electron chi connectivity index (χ2n) is 6.55. The Morgan fingerprint density at radius 3 is 2.67 bits per heavy atom. The number of aromatic nitrogens is 3. The van der Waals surface area contributed by atoms with Gasteiger partial charge in [0.2, 0.25) is 11.7 Å². The topological polar surface area (TPSA) is 99.2 Å². The van der Waals surface area contributed by atoms with E-state index in [0.29, 0.717) is 34.5 Å². The Morgan fingerprint density at radius 1 is 1.27 bits per heavy atom. The Labute approximate surface area is 178 Å². The van der Waals surface area contributed by atoms with Crippen molar-refractivity contribution in [1.82, 2.24) is 14.8 Å². The highest BCUT2D eigenvalue weighted by molar-refractivity contribution is 7.99. The molecule has 0 bridgehead atoms. The summed E-state index contributed by atoms with van der Waals surface area (Å²) in [6.45, 7) is 7.82. The standard InChI is InChI=1S/C21H22N4O4S/c1-4-11-25-19(17-6-5-12-28-17)23-24-21(25)30-13-18(26)22-16-9-7-15(8-10-16)20(27)29-14(2)3/h4-10,12,14H,1,11,13H2,2-3H3,(H,22,26). The first-order valence-corrected chi connectivity index (χ1v) is 10.3. The molecule has 0 unspecified atom stereocenters. The molecule has 0 radical (unpaired) electrons. The van der Waals surface area contributed by atoms with Gasteiger partial charge in [-0.25, -0.2) is 4.79 Å². The van der Waals surface area contributed by atoms with Crippen LogP contribution in [0.3, 0.4) is 0 Å². The lowest BCUT2D eigenvalue weighted by Crippen LogP contribution is -2.15. The summed E-state index contributed by atoms with van der Waals surface area (Å²) in [6, 6.07) is 10.1. The molecular formula is C21H22N4O4S. The maximum absolute atomic E-state index is 12.3. The van der Waals surface area contributed by atoms with Crippen LogP contribution in [0.4, 0.5) is 5.69 Å². The molecule has 0 aliphatic rings. The molecule has 0 aliphatic heterocycles. The minimum Gasteiger partial charge on any atom is -0.461 e. The summed E-state index contributed by atoms with van der Waals surface area (Å²) in [7, 11) is 0. The van der Waals surface area contributed by atoms with E-state index in [1.165, 1.54) is 11.8 Å². The van der Waals surface area contributed by atoms with E-state index in [9.17, 15) is 9.59 Å². The summed E-state index contributed by atoms with van der Waals surface area (Å²) in [5.74, 6) is 0.714. The van der Waals surface area contributed by atoms with Crippen LogP contribution in [0.5, 0.6) is 0 Å². The number of allylic oxidation sites excluding steroid dienone is 1. The highest BCUT2D eigenvalue weighted by atomic mass is 32.2. The van der Waals surface area contributed by atoms with Gasteiger partial charge in [-0.2, -0.15) is 0 Å². The van der Waals surface area contributed by atoms with Gasteiger partial charge in [0.1, 0.15) is 0 Å². The molecule has 1 amide bonds. The van der Waals surface area contributed by atoms with Crippen molar-refractivity contribution in [2.45, 2.75) is 31.7 Å². The van der Waals surface area contributed by atoms with Crippen molar-refractivity contribution >= 4 is 29.3 Å². The summed E-state index contributed by atoms with van der Waals surface area (Å²) in [5.41, 5.74) is 1.02. The maximum Gasteiger partial charge on any atom is 0.338 e. The van der Waals surface area contributed by atoms with E-state index in [-0.39, 0.29) is 17.8 Å². The van der Waals surface area contributed by atoms with Gasteiger partial charge in [-0.3, -0.25) is 9.36 Å². The number of nitrogens with zero attached hydrogens (tertiary/aromatic N) is 3. The van der Waals surface area contributed by atoms with Gasteiger partial charge >= 0.3 is 5.97 Å². The molecular weight excluding hydrogens is 404 g/mol. The lowest BCUT2D eigenvalue weighted by Gasteiger charge is -2.09. The van der Waals surface area contributed by atoms with Crippen LogP contribution in [-0.4, -0.2) is 38.5 Å². The third-order valence-corrected chi connectivity index (χ3v) is 4.82. The molecule has 2 aromatic heterocycles. The molecule has 30 heavy (non-hydrogen) atoms. The average Bonchev–Trinajstić information content (AvgIpc) is 3.36. The molecule has 3 aromatic rings. The van der Waals surface area contributed by atoms with Crippen LogP contribution >= 0.6 is 11.8 Å². The number of benzene rings is 1. The fourth-order valence-corrected chi connectivity index (χ4v) is 3.32. The van der Waals surface area contributed by atoms with Gasteiger partial charge in [0.15, 0.2) is 10.9 Å². The lowest BCUT2D eigenvalue weighted by atomic mass is 10.2. The first-order chi connectivity index (χ1) is 14.5. The van der Waals surface area contributed by atoms with Crippen LogP contribution < -0.4 is 5.32 Å². The van der Waals surface area contributed by atoms with Gasteiger partial charge in [-0.15, -0.1) is 16.8 Å². The second kappa shape index (κ2) is 9.93. The van der Waals surface area contributed by atoms with Crippen molar-refractivity contribution in [3.05, 3.63) is 60.9 Å². The Kier molecular flexibility index (Phi) is 7.08. The number of rotatable bonds is 9. The van der Waals surface area contributed by atoms with E-state index in [1.807, 2.05) is 4.57 Å². The number of carbonyl (C=O) groups is 2. The first kappa shape index (κ1) is 21.4. The van der Waals surface area contributed by atoms with Crippen LogP contribution in [0.2, 0.25) is 0 Å². The van der Waals surface area contributed by atoms with Crippen molar-refractivity contribution in [3.63, 3.8) is 0 Å². The normalized spacial score (nSPS) is 10.8. The van der Waals surface area contributed by atoms with E-state index >= 15 is 0 Å². The molecule has 0 saturated carbocycles. The van der Waals surface area contributed by atoms with Gasteiger partial charge < -0.3 is 14.5 Å². The monoisotopic (exact) mass is 426 g/mol. The zero-order valence-corrected chi connectivity index (χ0v) is 17.5. The van der Waals surface area contributed by atoms with Crippen LogP contribution in [0.1, 0.15) is 24.2 Å². The highest BCUT2D eigenvalue weighted by Crippen LogP contribution is 2.24. The van der Waals surface area contributed by atoms with Crippen molar-refractivity contribution in [1.29, 1.82) is 0 Å². The third kappa shape index (κ3) is 5.38. The van der Waals surface area contributed by atoms with E-state index in [0.717, 1.165) is 0 Å². The predicted octanol–water partition coefficient (Wildman–Crippen LogP) is 4.02. The molecule has 2 heterocycles. The van der Waals surface area contributed by atoms with E-state index in [1.54, 1.807) is 62.6 Å². The van der Waals surface area contributed by atoms with Crippen molar-refractivity contribution in [2.75, 3.05) is 11.1 Å². The average molecular weight is 426 g/mol. The Morgan fingerprint density at radius 2 is 2.03 bits per heavy atom. The minimum absolute atomic E-state index is 0.143. The van der Waals surface area contributed by atoms with Crippen LogP contribution in [-0.2, 0) is 16.1 Å². The van der Waals surface area contributed by atoms with Crippen LogP contribution in [0.15, 0.2) is 64.9 Å². The van der Waals surface area contributed by atoms with E-state index in [2.05, 4.69) is 22.1 Å². The number of hydrogen-bond acceptors (Lipinski definition) is 7. The number of anilines is 1. The zero-order chi connectivity index (χ0) is 21.5. The molecule has 0 aliphatic carbocycles. The van der Waals surface area contributed by atoms with E-state index in [4.69, 9.17) is 9.15 Å². The molecule has 1 N–H and O–H groups in total. The molecule has 8 nitrogen and oxygen atoms in total. The van der Waals surface area contributed by atoms with Gasteiger partial charge in [0, 0.05) is 12.2 Å².